The molecular formula is C18H24N4O8P+. The normalized spacial score (nSPS) is 19.1. The number of benzene rings is 1. The molecule has 1 aliphatic rings. The number of allylic oxidation sites excluding steroid dienone is 1. The fourth-order valence-electron chi connectivity index (χ4n) is 3.21. The van der Waals surface area contributed by atoms with E-state index in [-0.39, 0.29) is 17.8 Å². The van der Waals surface area contributed by atoms with Crippen molar-refractivity contribution in [3.05, 3.63) is 33.6 Å². The highest BCUT2D eigenvalue weighted by Crippen LogP contribution is 2.60. The van der Waals surface area contributed by atoms with Crippen LogP contribution in [-0.4, -0.2) is 52.5 Å². The summed E-state index contributed by atoms with van der Waals surface area (Å²) < 4.78 is 20.6. The number of hydrogen-bond donors (Lipinski definition) is 2. The quantitative estimate of drug-likeness (QED) is 0.188. The van der Waals surface area contributed by atoms with Gasteiger partial charge in [-0.05, 0) is 49.0 Å². The predicted molar refractivity (Wildman–Crippen MR) is 111 cm³/mol. The summed E-state index contributed by atoms with van der Waals surface area (Å²) >= 11 is 0. The van der Waals surface area contributed by atoms with Crippen LogP contribution in [-0.2, 0) is 18.6 Å². The maximum atomic E-state index is 11.8. The number of carbonyl (C=O) groups excluding carboxylic acids is 1. The Bertz CT molecular complexity index is 994. The molecule has 1 aromatic heterocycles. The van der Waals surface area contributed by atoms with Crippen molar-refractivity contribution in [2.24, 2.45) is 0 Å². The van der Waals surface area contributed by atoms with E-state index in [4.69, 9.17) is 13.8 Å². The van der Waals surface area contributed by atoms with Crippen LogP contribution in [0.5, 0.6) is 0 Å². The van der Waals surface area contributed by atoms with Gasteiger partial charge in [-0.15, -0.1) is 0 Å². The van der Waals surface area contributed by atoms with E-state index in [9.17, 15) is 19.8 Å². The van der Waals surface area contributed by atoms with Gasteiger partial charge in [-0.25, -0.2) is 9.42 Å². The minimum atomic E-state index is -3.08. The van der Waals surface area contributed by atoms with Crippen LogP contribution in [0.15, 0.2) is 28.1 Å². The van der Waals surface area contributed by atoms with Crippen molar-refractivity contribution in [1.82, 2.24) is 10.3 Å². The summed E-state index contributed by atoms with van der Waals surface area (Å²) in [6.45, 7) is 2.46. The second kappa shape index (κ2) is 9.99. The maximum absolute atomic E-state index is 11.8. The number of aromatic nitrogens is 2. The van der Waals surface area contributed by atoms with Crippen molar-refractivity contribution < 1.29 is 33.0 Å². The first-order valence-electron chi connectivity index (χ1n) is 9.71. The van der Waals surface area contributed by atoms with Crippen LogP contribution in [0, 0.1) is 10.1 Å². The molecule has 0 saturated carbocycles. The number of anilines is 1. The Morgan fingerprint density at radius 2 is 2.13 bits per heavy atom. The highest BCUT2D eigenvalue weighted by molar-refractivity contribution is 7.60. The Balaban J connectivity index is 1.47. The summed E-state index contributed by atoms with van der Waals surface area (Å²) in [7, 11) is -1.77. The van der Waals surface area contributed by atoms with E-state index >= 15 is 0 Å². The number of esters is 1. The van der Waals surface area contributed by atoms with Crippen molar-refractivity contribution in [3.63, 3.8) is 0 Å². The number of carbonyl (C=O) groups is 1. The van der Waals surface area contributed by atoms with Gasteiger partial charge in [-0.1, -0.05) is 0 Å². The van der Waals surface area contributed by atoms with Crippen molar-refractivity contribution in [3.8, 4) is 0 Å². The van der Waals surface area contributed by atoms with Gasteiger partial charge in [0.15, 0.2) is 11.3 Å². The largest absolute Gasteiger partial charge is 0.466 e. The van der Waals surface area contributed by atoms with Crippen LogP contribution in [0.2, 0.25) is 0 Å². The molecule has 12 nitrogen and oxygen atoms in total. The molecule has 2 N–H and O–H groups in total. The number of unbranched alkanes of at least 4 members (excludes halogenated alkanes) is 1. The van der Waals surface area contributed by atoms with Gasteiger partial charge in [0.1, 0.15) is 6.16 Å². The SMILES string of the molecule is COC(=O)C1=C(C)O[P+](O)(OCCCCNc2ccc([N+](=O)[O-])c3nonc23)CCC1. The molecule has 3 rings (SSSR count). The summed E-state index contributed by atoms with van der Waals surface area (Å²) in [6.07, 6.45) is 2.71. The van der Waals surface area contributed by atoms with E-state index in [0.29, 0.717) is 60.9 Å². The molecule has 0 fully saturated rings. The van der Waals surface area contributed by atoms with Crippen LogP contribution in [0.25, 0.3) is 11.0 Å². The Labute approximate surface area is 178 Å². The average molecular weight is 455 g/mol. The second-order valence-corrected chi connectivity index (χ2v) is 9.06. The number of hydrogen-bond acceptors (Lipinski definition) is 11. The van der Waals surface area contributed by atoms with E-state index in [2.05, 4.69) is 20.3 Å². The van der Waals surface area contributed by atoms with Gasteiger partial charge in [0.2, 0.25) is 5.52 Å². The lowest BCUT2D eigenvalue weighted by atomic mass is 10.1. The number of non-ortho nitro benzene ring substituents is 1. The minimum absolute atomic E-state index is 0.0885. The molecule has 1 aromatic carbocycles. The molecule has 0 spiro atoms. The molecule has 0 bridgehead atoms. The van der Waals surface area contributed by atoms with Gasteiger partial charge in [0.05, 0.1) is 29.9 Å². The van der Waals surface area contributed by atoms with Crippen molar-refractivity contribution in [1.29, 1.82) is 0 Å². The summed E-state index contributed by atoms with van der Waals surface area (Å²) in [4.78, 5) is 32.9. The van der Waals surface area contributed by atoms with Gasteiger partial charge < -0.3 is 10.1 Å². The fraction of sp³-hybridized carbons (Fsp3) is 0.500. The molecule has 31 heavy (non-hydrogen) atoms. The summed E-state index contributed by atoms with van der Waals surface area (Å²) in [5, 5.41) is 21.5. The maximum Gasteiger partial charge on any atom is 0.453 e. The molecule has 1 unspecified atom stereocenters. The number of nitro groups is 1. The van der Waals surface area contributed by atoms with Crippen LogP contribution >= 0.6 is 7.94 Å². The second-order valence-electron chi connectivity index (χ2n) is 6.90. The molecule has 0 radical (unpaired) electrons. The smallest absolute Gasteiger partial charge is 0.453 e. The average Bonchev–Trinajstić information content (AvgIpc) is 3.17. The van der Waals surface area contributed by atoms with Gasteiger partial charge in [-0.2, -0.15) is 9.42 Å². The zero-order valence-electron chi connectivity index (χ0n) is 17.2. The first-order chi connectivity index (χ1) is 14.8. The number of ether oxygens (including phenoxy) is 1. The molecule has 168 valence electrons. The third-order valence-corrected chi connectivity index (χ3v) is 6.80. The third kappa shape index (κ3) is 5.46. The molecule has 2 aromatic rings. The Morgan fingerprint density at radius 3 is 2.87 bits per heavy atom. The number of rotatable bonds is 9. The molecule has 0 amide bonds. The lowest BCUT2D eigenvalue weighted by molar-refractivity contribution is -0.383. The van der Waals surface area contributed by atoms with E-state index in [1.54, 1.807) is 13.0 Å². The van der Waals surface area contributed by atoms with Crippen LogP contribution in [0.4, 0.5) is 11.4 Å². The van der Waals surface area contributed by atoms with Gasteiger partial charge in [-0.3, -0.25) is 14.6 Å². The standard InChI is InChI=1S/C18H24N4O8P/c1-12-13(18(23)27-2)6-5-11-31(26,29-12)28-10-4-3-9-19-14-7-8-15(22(24)25)17-16(14)20-30-21-17/h7-8,19,26H,3-6,9-11H2,1-2H3/q+1. The lowest BCUT2D eigenvalue weighted by Crippen LogP contribution is -2.09. The number of methoxy groups -OCH3 is 1. The zero-order valence-corrected chi connectivity index (χ0v) is 18.1. The minimum Gasteiger partial charge on any atom is -0.466 e. The monoisotopic (exact) mass is 455 g/mol. The van der Waals surface area contributed by atoms with E-state index in [1.165, 1.54) is 13.2 Å². The lowest BCUT2D eigenvalue weighted by Gasteiger charge is -2.16. The Kier molecular flexibility index (Phi) is 7.37. The number of nitrogens with one attached hydrogen (secondary N) is 1. The molecule has 0 saturated heterocycles. The van der Waals surface area contributed by atoms with Crippen molar-refractivity contribution in [2.75, 3.05) is 31.7 Å². The Hall–Kier alpha value is -2.82. The van der Waals surface area contributed by atoms with Gasteiger partial charge >= 0.3 is 19.6 Å². The molecule has 1 atom stereocenters. The molecule has 13 heteroatoms. The predicted octanol–water partition coefficient (Wildman–Crippen LogP) is 3.35. The zero-order chi connectivity index (χ0) is 22.4. The highest BCUT2D eigenvalue weighted by atomic mass is 31.2. The molecule has 1 aliphatic heterocycles. The fourth-order valence-corrected chi connectivity index (χ4v) is 4.99. The molecular weight excluding hydrogens is 431 g/mol. The van der Waals surface area contributed by atoms with Gasteiger partial charge in [0.25, 0.3) is 0 Å². The number of nitrogens with zero attached hydrogens (tertiary/aromatic N) is 3. The van der Waals surface area contributed by atoms with Gasteiger partial charge in [0, 0.05) is 12.6 Å². The summed E-state index contributed by atoms with van der Waals surface area (Å²) in [6, 6.07) is 2.91. The van der Waals surface area contributed by atoms with E-state index in [1.807, 2.05) is 0 Å². The van der Waals surface area contributed by atoms with Crippen molar-refractivity contribution >= 4 is 36.3 Å². The van der Waals surface area contributed by atoms with Crippen molar-refractivity contribution in [2.45, 2.75) is 32.6 Å². The topological polar surface area (TPSA) is 159 Å². The third-order valence-electron chi connectivity index (χ3n) is 4.77. The number of fused-ring (bicyclic) bond motifs is 1. The summed E-state index contributed by atoms with van der Waals surface area (Å²) in [5.74, 6) is -0.120. The Morgan fingerprint density at radius 1 is 1.35 bits per heavy atom. The number of nitro benzene ring substituents is 1. The first-order valence-corrected chi connectivity index (χ1v) is 11.5. The van der Waals surface area contributed by atoms with Crippen LogP contribution < -0.4 is 5.32 Å². The van der Waals surface area contributed by atoms with Crippen LogP contribution in [0.3, 0.4) is 0 Å². The summed E-state index contributed by atoms with van der Waals surface area (Å²) in [5.41, 5.74) is 1.21. The van der Waals surface area contributed by atoms with E-state index < -0.39 is 18.8 Å². The van der Waals surface area contributed by atoms with Crippen LogP contribution in [0.1, 0.15) is 32.6 Å². The van der Waals surface area contributed by atoms with E-state index in [0.717, 1.165) is 0 Å². The molecule has 0 aliphatic carbocycles. The highest BCUT2D eigenvalue weighted by Gasteiger charge is 2.44. The molecule has 2 heterocycles. The first kappa shape index (κ1) is 22.9.